The highest BCUT2D eigenvalue weighted by molar-refractivity contribution is 6.33. The van der Waals surface area contributed by atoms with E-state index >= 15 is 0 Å². The molecule has 1 atom stereocenters. The fraction of sp³-hybridized carbons (Fsp3) is 0.278. The molecule has 2 aromatic rings. The van der Waals surface area contributed by atoms with Crippen LogP contribution in [0.1, 0.15) is 42.4 Å². The molecule has 0 amide bonds. The van der Waals surface area contributed by atoms with Gasteiger partial charge in [0.25, 0.3) is 0 Å². The molecule has 22 heavy (non-hydrogen) atoms. The van der Waals surface area contributed by atoms with Gasteiger partial charge in [0.2, 0.25) is 0 Å². The monoisotopic (exact) mass is 336 g/mol. The first kappa shape index (κ1) is 16.9. The quantitative estimate of drug-likeness (QED) is 0.779. The van der Waals surface area contributed by atoms with E-state index in [2.05, 4.69) is 13.8 Å². The van der Waals surface area contributed by atoms with Crippen molar-refractivity contribution < 1.29 is 9.90 Å². The second-order valence-electron chi connectivity index (χ2n) is 5.66. The first-order valence-corrected chi connectivity index (χ1v) is 7.90. The molecule has 0 aliphatic heterocycles. The summed E-state index contributed by atoms with van der Waals surface area (Å²) in [5.41, 5.74) is 2.75. The van der Waals surface area contributed by atoms with Gasteiger partial charge in [-0.1, -0.05) is 61.3 Å². The summed E-state index contributed by atoms with van der Waals surface area (Å²) in [6.07, 6.45) is 0.383. The van der Waals surface area contributed by atoms with Crippen LogP contribution in [0.3, 0.4) is 0 Å². The number of carboxylic acids is 1. The Balaban J connectivity index is 2.29. The fourth-order valence-corrected chi connectivity index (χ4v) is 2.82. The van der Waals surface area contributed by atoms with Crippen LogP contribution in [0.15, 0.2) is 42.5 Å². The molecule has 0 radical (unpaired) electrons. The van der Waals surface area contributed by atoms with Gasteiger partial charge in [-0.15, -0.1) is 0 Å². The molecule has 0 spiro atoms. The third-order valence-corrected chi connectivity index (χ3v) is 4.30. The minimum Gasteiger partial charge on any atom is -0.481 e. The molecule has 2 nitrogen and oxygen atoms in total. The van der Waals surface area contributed by atoms with E-state index in [1.165, 1.54) is 5.56 Å². The number of hydrogen-bond donors (Lipinski definition) is 1. The lowest BCUT2D eigenvalue weighted by molar-refractivity contribution is -0.138. The van der Waals surface area contributed by atoms with Crippen LogP contribution < -0.4 is 0 Å². The molecule has 2 aromatic carbocycles. The van der Waals surface area contributed by atoms with Gasteiger partial charge in [0, 0.05) is 10.0 Å². The molecule has 0 fully saturated rings. The van der Waals surface area contributed by atoms with Gasteiger partial charge in [-0.2, -0.15) is 0 Å². The normalized spacial score (nSPS) is 12.4. The number of aliphatic carboxylic acids is 1. The van der Waals surface area contributed by atoms with E-state index in [9.17, 15) is 9.90 Å². The molecule has 1 unspecified atom stereocenters. The largest absolute Gasteiger partial charge is 0.481 e. The fourth-order valence-electron chi connectivity index (χ4n) is 2.39. The third-order valence-electron chi connectivity index (χ3n) is 3.72. The predicted molar refractivity (Wildman–Crippen MR) is 91.1 cm³/mol. The summed E-state index contributed by atoms with van der Waals surface area (Å²) in [4.78, 5) is 11.6. The van der Waals surface area contributed by atoms with Crippen molar-refractivity contribution in [1.82, 2.24) is 0 Å². The van der Waals surface area contributed by atoms with Crippen LogP contribution in [0, 0.1) is 0 Å². The van der Waals surface area contributed by atoms with Crippen molar-refractivity contribution in [1.29, 1.82) is 0 Å². The number of halogens is 2. The summed E-state index contributed by atoms with van der Waals surface area (Å²) in [6, 6.07) is 13.0. The lowest BCUT2D eigenvalue weighted by Gasteiger charge is -2.15. The average molecular weight is 337 g/mol. The lowest BCUT2D eigenvalue weighted by atomic mass is 9.91. The van der Waals surface area contributed by atoms with Gasteiger partial charge in [-0.3, -0.25) is 4.79 Å². The molecule has 0 aromatic heterocycles. The average Bonchev–Trinajstić information content (AvgIpc) is 2.47. The highest BCUT2D eigenvalue weighted by atomic mass is 35.5. The highest BCUT2D eigenvalue weighted by Crippen LogP contribution is 2.30. The molecule has 0 saturated carbocycles. The van der Waals surface area contributed by atoms with Crippen LogP contribution in [-0.2, 0) is 11.2 Å². The first-order chi connectivity index (χ1) is 10.4. The Bertz CT molecular complexity index is 663. The zero-order valence-corrected chi connectivity index (χ0v) is 14.0. The molecule has 4 heteroatoms. The molecule has 0 bridgehead atoms. The van der Waals surface area contributed by atoms with Crippen molar-refractivity contribution in [2.45, 2.75) is 32.1 Å². The molecular formula is C18H18Cl2O2. The van der Waals surface area contributed by atoms with Crippen LogP contribution in [0.2, 0.25) is 10.0 Å². The van der Waals surface area contributed by atoms with Crippen LogP contribution in [0.5, 0.6) is 0 Å². The Labute approximate surface area is 140 Å². The van der Waals surface area contributed by atoms with Crippen molar-refractivity contribution in [2.75, 3.05) is 0 Å². The summed E-state index contributed by atoms with van der Waals surface area (Å²) in [5, 5.41) is 10.5. The van der Waals surface area contributed by atoms with Gasteiger partial charge in [0.15, 0.2) is 0 Å². The van der Waals surface area contributed by atoms with E-state index in [1.807, 2.05) is 24.3 Å². The predicted octanol–water partition coefficient (Wildman–Crippen LogP) is 5.53. The van der Waals surface area contributed by atoms with Crippen molar-refractivity contribution in [2.24, 2.45) is 0 Å². The SMILES string of the molecule is CC(C)c1ccc(CC(C(=O)O)c2cc(Cl)ccc2Cl)cc1. The zero-order valence-electron chi connectivity index (χ0n) is 12.5. The Hall–Kier alpha value is -1.51. The summed E-state index contributed by atoms with van der Waals surface area (Å²) in [5.74, 6) is -1.17. The van der Waals surface area contributed by atoms with E-state index in [0.29, 0.717) is 27.9 Å². The van der Waals surface area contributed by atoms with E-state index in [1.54, 1.807) is 18.2 Å². The molecule has 1 N–H and O–H groups in total. The Morgan fingerprint density at radius 1 is 1.09 bits per heavy atom. The summed E-state index contributed by atoms with van der Waals surface area (Å²) in [7, 11) is 0. The topological polar surface area (TPSA) is 37.3 Å². The second-order valence-corrected chi connectivity index (χ2v) is 6.50. The van der Waals surface area contributed by atoms with E-state index in [-0.39, 0.29) is 0 Å². The smallest absolute Gasteiger partial charge is 0.311 e. The second kappa shape index (κ2) is 7.17. The van der Waals surface area contributed by atoms with Gasteiger partial charge in [-0.05, 0) is 47.2 Å². The first-order valence-electron chi connectivity index (χ1n) is 7.15. The summed E-state index contributed by atoms with van der Waals surface area (Å²) >= 11 is 12.1. The van der Waals surface area contributed by atoms with Crippen molar-refractivity contribution in [3.63, 3.8) is 0 Å². The molecule has 2 rings (SSSR count). The number of carboxylic acid groups (broad SMARTS) is 1. The van der Waals surface area contributed by atoms with Gasteiger partial charge in [0.05, 0.1) is 5.92 Å². The Morgan fingerprint density at radius 2 is 1.73 bits per heavy atom. The van der Waals surface area contributed by atoms with Crippen molar-refractivity contribution >= 4 is 29.2 Å². The maximum Gasteiger partial charge on any atom is 0.311 e. The van der Waals surface area contributed by atoms with Gasteiger partial charge >= 0.3 is 5.97 Å². The number of benzene rings is 2. The third kappa shape index (κ3) is 4.02. The van der Waals surface area contributed by atoms with Crippen LogP contribution in [-0.4, -0.2) is 11.1 Å². The number of rotatable bonds is 5. The molecule has 0 aliphatic rings. The summed E-state index contributed by atoms with van der Waals surface area (Å²) < 4.78 is 0. The van der Waals surface area contributed by atoms with Gasteiger partial charge < -0.3 is 5.11 Å². The van der Waals surface area contributed by atoms with Crippen LogP contribution in [0.4, 0.5) is 0 Å². The number of hydrogen-bond acceptors (Lipinski definition) is 1. The summed E-state index contributed by atoms with van der Waals surface area (Å²) in [6.45, 7) is 4.25. The van der Waals surface area contributed by atoms with E-state index in [4.69, 9.17) is 23.2 Å². The maximum atomic E-state index is 11.6. The molecule has 0 heterocycles. The van der Waals surface area contributed by atoms with E-state index < -0.39 is 11.9 Å². The highest BCUT2D eigenvalue weighted by Gasteiger charge is 2.23. The molecule has 116 valence electrons. The van der Waals surface area contributed by atoms with Crippen LogP contribution in [0.25, 0.3) is 0 Å². The minimum absolute atomic E-state index is 0.383. The molecule has 0 aliphatic carbocycles. The van der Waals surface area contributed by atoms with Crippen molar-refractivity contribution in [3.8, 4) is 0 Å². The maximum absolute atomic E-state index is 11.6. The van der Waals surface area contributed by atoms with Crippen molar-refractivity contribution in [3.05, 3.63) is 69.2 Å². The molecular weight excluding hydrogens is 319 g/mol. The van der Waals surface area contributed by atoms with Gasteiger partial charge in [-0.25, -0.2) is 0 Å². The van der Waals surface area contributed by atoms with E-state index in [0.717, 1.165) is 5.56 Å². The minimum atomic E-state index is -0.905. The van der Waals surface area contributed by atoms with Gasteiger partial charge in [0.1, 0.15) is 0 Å². The standard InChI is InChI=1S/C18H18Cl2O2/c1-11(2)13-5-3-12(4-6-13)9-16(18(21)22)15-10-14(19)7-8-17(15)20/h3-8,10-11,16H,9H2,1-2H3,(H,21,22). The Morgan fingerprint density at radius 3 is 2.27 bits per heavy atom. The van der Waals surface area contributed by atoms with Crippen LogP contribution >= 0.6 is 23.2 Å². The number of carbonyl (C=O) groups is 1. The molecule has 0 saturated heterocycles. The Kier molecular flexibility index (Phi) is 5.49. The lowest BCUT2D eigenvalue weighted by Crippen LogP contribution is -2.15. The zero-order chi connectivity index (χ0) is 16.3.